The van der Waals surface area contributed by atoms with E-state index in [9.17, 15) is 24.3 Å². The monoisotopic (exact) mass is 729 g/mol. The van der Waals surface area contributed by atoms with Crippen molar-refractivity contribution in [1.82, 2.24) is 14.7 Å². The van der Waals surface area contributed by atoms with Crippen LogP contribution in [-0.4, -0.2) is 84.9 Å². The Morgan fingerprint density at radius 1 is 0.978 bits per heavy atom. The summed E-state index contributed by atoms with van der Waals surface area (Å²) in [7, 11) is 1.48. The van der Waals surface area contributed by atoms with Gasteiger partial charge in [0.2, 0.25) is 11.8 Å². The first-order valence-corrected chi connectivity index (χ1v) is 17.4. The van der Waals surface area contributed by atoms with Crippen molar-refractivity contribution in [2.24, 2.45) is 17.8 Å². The smallest absolute Gasteiger partial charge is 0.254 e. The molecule has 2 aromatic carbocycles. The molecule has 6 unspecified atom stereocenters. The number of likely N-dealkylation sites (tertiary alicyclic amines) is 3. The van der Waals surface area contributed by atoms with Gasteiger partial charge in [-0.15, -0.1) is 23.2 Å². The highest BCUT2D eigenvalue weighted by molar-refractivity contribution is 9.09. The fraction of sp³-hybridized carbons (Fsp3) is 0.471. The van der Waals surface area contributed by atoms with Crippen LogP contribution < -0.4 is 4.74 Å². The molecule has 2 aliphatic carbocycles. The van der Waals surface area contributed by atoms with Crippen LogP contribution >= 0.6 is 39.1 Å². The molecule has 4 amide bonds. The highest BCUT2D eigenvalue weighted by Gasteiger charge is 2.76. The predicted octanol–water partition coefficient (Wildman–Crippen LogP) is 4.78. The van der Waals surface area contributed by atoms with E-state index in [0.29, 0.717) is 24.2 Å². The molecular weight excluding hydrogens is 697 g/mol. The number of aromatic hydroxyl groups is 1. The van der Waals surface area contributed by atoms with Gasteiger partial charge in [-0.05, 0) is 55.4 Å². The lowest BCUT2D eigenvalue weighted by Crippen LogP contribution is -2.60. The van der Waals surface area contributed by atoms with Gasteiger partial charge in [-0.2, -0.15) is 0 Å². The number of phenols is 1. The highest BCUT2D eigenvalue weighted by atomic mass is 79.9. The molecule has 12 heteroatoms. The molecular formula is C34H34BrCl2N3O6. The average Bonchev–Trinajstić information content (AvgIpc) is 3.40. The van der Waals surface area contributed by atoms with Gasteiger partial charge in [0.05, 0.1) is 24.4 Å². The lowest BCUT2D eigenvalue weighted by molar-refractivity contribution is -0.144. The van der Waals surface area contributed by atoms with E-state index in [0.717, 1.165) is 24.5 Å². The molecule has 4 fully saturated rings. The number of benzene rings is 2. The Hall–Kier alpha value is -2.92. The third-order valence-corrected chi connectivity index (χ3v) is 12.7. The van der Waals surface area contributed by atoms with Crippen molar-refractivity contribution in [2.45, 2.75) is 53.9 Å². The summed E-state index contributed by atoms with van der Waals surface area (Å²) in [4.78, 5) is 57.1. The Kier molecular flexibility index (Phi) is 8.02. The van der Waals surface area contributed by atoms with E-state index in [2.05, 4.69) is 33.0 Å². The number of phenolic OH excluding ortho intramolecular Hbond substituents is 1. The zero-order valence-electron chi connectivity index (χ0n) is 25.2. The lowest BCUT2D eigenvalue weighted by atomic mass is 9.56. The van der Waals surface area contributed by atoms with Crippen LogP contribution in [0.15, 0.2) is 60.2 Å². The maximum atomic E-state index is 14.4. The van der Waals surface area contributed by atoms with Crippen molar-refractivity contribution in [3.8, 4) is 11.5 Å². The molecule has 1 N–H and O–H groups in total. The van der Waals surface area contributed by atoms with Crippen molar-refractivity contribution in [3.63, 3.8) is 0 Å². The zero-order valence-corrected chi connectivity index (χ0v) is 28.3. The van der Waals surface area contributed by atoms with Crippen LogP contribution in [0.4, 0.5) is 0 Å². The van der Waals surface area contributed by atoms with E-state index in [1.807, 2.05) is 24.3 Å². The minimum Gasteiger partial charge on any atom is -0.508 e. The number of methoxy groups -OCH3 is 1. The Morgan fingerprint density at radius 3 is 2.37 bits per heavy atom. The van der Waals surface area contributed by atoms with Crippen LogP contribution in [0.2, 0.25) is 0 Å². The number of carbonyl (C=O) groups is 4. The largest absolute Gasteiger partial charge is 0.508 e. The van der Waals surface area contributed by atoms with Crippen molar-refractivity contribution >= 4 is 62.8 Å². The van der Waals surface area contributed by atoms with Gasteiger partial charge in [-0.3, -0.25) is 33.9 Å². The van der Waals surface area contributed by atoms with Crippen LogP contribution in [0.5, 0.6) is 11.5 Å². The standard InChI is InChI=1S/C34H34BrCl2N3O6/c1-46-21-7-10-26(41)24(15-21)28-22-8-9-23-27(25(22)16-33(36)31(44)39(18-35)32(45)34(28,33)37)30(43)40(29(23)42)20-11-13-38(14-12-20)17-19-5-3-2-4-6-19/h2-8,10,15,20,23,25,27-28,41H,9,11-14,16-18H2,1H3. The second-order valence-corrected chi connectivity index (χ2v) is 14.7. The third-order valence-electron chi connectivity index (χ3n) is 10.8. The van der Waals surface area contributed by atoms with E-state index < -0.39 is 45.2 Å². The van der Waals surface area contributed by atoms with Crippen molar-refractivity contribution in [3.05, 3.63) is 71.3 Å². The first-order valence-electron chi connectivity index (χ1n) is 15.5. The number of carbonyl (C=O) groups excluding carboxylic acids is 4. The third kappa shape index (κ3) is 4.50. The highest BCUT2D eigenvalue weighted by Crippen LogP contribution is 2.66. The molecule has 2 aromatic rings. The Bertz CT molecular complexity index is 1650. The second kappa shape index (κ2) is 11.6. The number of hydrogen-bond acceptors (Lipinski definition) is 7. The van der Waals surface area contributed by atoms with Gasteiger partial charge >= 0.3 is 0 Å². The zero-order chi connectivity index (χ0) is 32.5. The van der Waals surface area contributed by atoms with Crippen molar-refractivity contribution in [2.75, 3.05) is 25.7 Å². The predicted molar refractivity (Wildman–Crippen MR) is 175 cm³/mol. The molecule has 5 aliphatic rings. The van der Waals surface area contributed by atoms with Crippen LogP contribution in [-0.2, 0) is 25.7 Å². The number of piperidine rings is 1. The number of halogens is 3. The molecule has 7 rings (SSSR count). The fourth-order valence-corrected chi connectivity index (χ4v) is 9.97. The van der Waals surface area contributed by atoms with Gasteiger partial charge in [0.25, 0.3) is 11.8 Å². The van der Waals surface area contributed by atoms with Gasteiger partial charge in [-0.25, -0.2) is 0 Å². The fourth-order valence-electron chi connectivity index (χ4n) is 8.55. The average molecular weight is 731 g/mol. The van der Waals surface area contributed by atoms with E-state index in [1.165, 1.54) is 23.6 Å². The van der Waals surface area contributed by atoms with E-state index in [-0.39, 0.29) is 47.5 Å². The summed E-state index contributed by atoms with van der Waals surface area (Å²) >= 11 is 17.8. The number of nitrogens with zero attached hydrogens (tertiary/aromatic N) is 3. The Labute approximate surface area is 285 Å². The van der Waals surface area contributed by atoms with E-state index in [1.54, 1.807) is 12.1 Å². The molecule has 0 bridgehead atoms. The maximum absolute atomic E-state index is 14.4. The number of rotatable bonds is 6. The number of hydrogen-bond donors (Lipinski definition) is 1. The summed E-state index contributed by atoms with van der Waals surface area (Å²) < 4.78 is 5.43. The maximum Gasteiger partial charge on any atom is 0.254 e. The summed E-state index contributed by atoms with van der Waals surface area (Å²) in [6, 6.07) is 14.6. The summed E-state index contributed by atoms with van der Waals surface area (Å²) in [6.45, 7) is 2.33. The summed E-state index contributed by atoms with van der Waals surface area (Å²) in [5.74, 6) is -4.62. The minimum absolute atomic E-state index is 0.0945. The normalized spacial score (nSPS) is 33.2. The second-order valence-electron chi connectivity index (χ2n) is 13.0. The number of ether oxygens (including phenoxy) is 1. The Morgan fingerprint density at radius 2 is 1.70 bits per heavy atom. The van der Waals surface area contributed by atoms with Crippen LogP contribution in [0, 0.1) is 17.8 Å². The van der Waals surface area contributed by atoms with Crippen LogP contribution in [0.25, 0.3) is 0 Å². The number of allylic oxidation sites excluding steroid dienone is 2. The molecule has 6 atom stereocenters. The number of amides is 4. The van der Waals surface area contributed by atoms with Gasteiger partial charge in [-0.1, -0.05) is 57.9 Å². The van der Waals surface area contributed by atoms with E-state index >= 15 is 0 Å². The number of imide groups is 2. The summed E-state index contributed by atoms with van der Waals surface area (Å²) in [5, 5.41) is 11.1. The van der Waals surface area contributed by atoms with Gasteiger partial charge in [0, 0.05) is 37.2 Å². The summed E-state index contributed by atoms with van der Waals surface area (Å²) in [5.41, 5.74) is 2.01. The molecule has 3 saturated heterocycles. The molecule has 0 aromatic heterocycles. The summed E-state index contributed by atoms with van der Waals surface area (Å²) in [6.07, 6.45) is 3.40. The molecule has 0 radical (unpaired) electrons. The SMILES string of the molecule is COc1ccc(O)c(C2C3=CCC4C(=O)N(C5CCN(Cc6ccccc6)CC5)C(=O)C4C3CC3(Cl)C(=O)N(CBr)C(=O)C23Cl)c1. The molecule has 3 aliphatic heterocycles. The molecule has 9 nitrogen and oxygen atoms in total. The molecule has 1 saturated carbocycles. The lowest BCUT2D eigenvalue weighted by Gasteiger charge is -2.50. The first-order chi connectivity index (χ1) is 22.0. The quantitative estimate of drug-likeness (QED) is 0.198. The van der Waals surface area contributed by atoms with Gasteiger partial charge in [0.15, 0.2) is 9.75 Å². The van der Waals surface area contributed by atoms with Crippen LogP contribution in [0.1, 0.15) is 42.7 Å². The van der Waals surface area contributed by atoms with Crippen molar-refractivity contribution < 1.29 is 29.0 Å². The molecule has 46 heavy (non-hydrogen) atoms. The first kappa shape index (κ1) is 31.7. The topological polar surface area (TPSA) is 107 Å². The molecule has 242 valence electrons. The van der Waals surface area contributed by atoms with Crippen molar-refractivity contribution in [1.29, 1.82) is 0 Å². The number of alkyl halides is 3. The minimum atomic E-state index is -1.99. The molecule has 3 heterocycles. The Balaban J connectivity index is 1.23. The van der Waals surface area contributed by atoms with Gasteiger partial charge in [0.1, 0.15) is 11.5 Å². The van der Waals surface area contributed by atoms with Gasteiger partial charge < -0.3 is 9.84 Å². The van der Waals surface area contributed by atoms with Crippen LogP contribution in [0.3, 0.4) is 0 Å². The van der Waals surface area contributed by atoms with E-state index in [4.69, 9.17) is 27.9 Å². The number of fused-ring (bicyclic) bond motifs is 4. The molecule has 0 spiro atoms.